The standard InChI is InChI=1S/C26H22N2O6S2/c1-4-34-14-10-11-15-19(13-14)36-26(27-15)28-22(18-9-6-12-35-18)21(24(30)25(28)31)23(29)20-16(32-2)7-5-8-17(20)33-3/h5-13,22,29H,4H2,1-3H3/b23-21+. The quantitative estimate of drug-likeness (QED) is 0.197. The van der Waals surface area contributed by atoms with Gasteiger partial charge in [0.1, 0.15) is 34.6 Å². The Labute approximate surface area is 215 Å². The van der Waals surface area contributed by atoms with Crippen molar-refractivity contribution in [3.63, 3.8) is 0 Å². The molecule has 1 amide bonds. The second-order valence-corrected chi connectivity index (χ2v) is 9.77. The van der Waals surface area contributed by atoms with Crippen LogP contribution in [0.1, 0.15) is 23.4 Å². The molecule has 1 fully saturated rings. The predicted molar refractivity (Wildman–Crippen MR) is 139 cm³/mol. The van der Waals surface area contributed by atoms with E-state index in [4.69, 9.17) is 14.2 Å². The van der Waals surface area contributed by atoms with E-state index in [0.29, 0.717) is 39.4 Å². The van der Waals surface area contributed by atoms with Crippen LogP contribution >= 0.6 is 22.7 Å². The largest absolute Gasteiger partial charge is 0.506 e. The van der Waals surface area contributed by atoms with Crippen molar-refractivity contribution in [2.24, 2.45) is 0 Å². The van der Waals surface area contributed by atoms with E-state index in [-0.39, 0.29) is 16.9 Å². The summed E-state index contributed by atoms with van der Waals surface area (Å²) in [5.74, 6) is -0.637. The maximum absolute atomic E-state index is 13.4. The lowest BCUT2D eigenvalue weighted by Crippen LogP contribution is -2.28. The Bertz CT molecular complexity index is 1470. The number of Topliss-reactive ketones (excluding diaryl/α,β-unsaturated/α-hetero) is 1. The third kappa shape index (κ3) is 3.88. The molecule has 5 rings (SSSR count). The van der Waals surface area contributed by atoms with Crippen molar-refractivity contribution < 1.29 is 28.9 Å². The fourth-order valence-electron chi connectivity index (χ4n) is 4.22. The van der Waals surface area contributed by atoms with E-state index in [1.165, 1.54) is 41.8 Å². The number of thiophene rings is 1. The number of fused-ring (bicyclic) bond motifs is 1. The van der Waals surface area contributed by atoms with E-state index in [0.717, 1.165) is 4.70 Å². The molecule has 2 aromatic carbocycles. The van der Waals surface area contributed by atoms with Crippen molar-refractivity contribution in [1.82, 2.24) is 4.98 Å². The number of benzene rings is 2. The number of carbonyl (C=O) groups excluding carboxylic acids is 2. The zero-order valence-electron chi connectivity index (χ0n) is 19.7. The van der Waals surface area contributed by atoms with Crippen LogP contribution in [0.5, 0.6) is 17.2 Å². The van der Waals surface area contributed by atoms with Gasteiger partial charge in [0.15, 0.2) is 5.13 Å². The number of nitrogens with zero attached hydrogens (tertiary/aromatic N) is 2. The summed E-state index contributed by atoms with van der Waals surface area (Å²) in [7, 11) is 2.91. The number of aliphatic hydroxyl groups is 1. The minimum atomic E-state index is -0.869. The lowest BCUT2D eigenvalue weighted by atomic mass is 9.99. The molecule has 1 aliphatic heterocycles. The first-order chi connectivity index (χ1) is 17.5. The van der Waals surface area contributed by atoms with Gasteiger partial charge in [0.25, 0.3) is 5.78 Å². The first-order valence-corrected chi connectivity index (χ1v) is 12.8. The monoisotopic (exact) mass is 522 g/mol. The van der Waals surface area contributed by atoms with Gasteiger partial charge in [-0.15, -0.1) is 11.3 Å². The van der Waals surface area contributed by atoms with Gasteiger partial charge in [-0.05, 0) is 48.7 Å². The van der Waals surface area contributed by atoms with Crippen molar-refractivity contribution in [2.45, 2.75) is 13.0 Å². The summed E-state index contributed by atoms with van der Waals surface area (Å²) in [6.07, 6.45) is 0. The fourth-order valence-corrected chi connectivity index (χ4v) is 6.06. The average molecular weight is 523 g/mol. The summed E-state index contributed by atoms with van der Waals surface area (Å²) in [6.45, 7) is 2.43. The Kier molecular flexibility index (Phi) is 6.38. The number of hydrogen-bond acceptors (Lipinski definition) is 9. The van der Waals surface area contributed by atoms with Crippen molar-refractivity contribution in [2.75, 3.05) is 25.7 Å². The van der Waals surface area contributed by atoms with Gasteiger partial charge in [0, 0.05) is 4.88 Å². The predicted octanol–water partition coefficient (Wildman–Crippen LogP) is 5.40. The molecule has 1 N–H and O–H groups in total. The van der Waals surface area contributed by atoms with E-state index < -0.39 is 17.7 Å². The third-order valence-electron chi connectivity index (χ3n) is 5.79. The second-order valence-electron chi connectivity index (χ2n) is 7.78. The van der Waals surface area contributed by atoms with E-state index in [1.54, 1.807) is 18.2 Å². The second kappa shape index (κ2) is 9.63. The molecular formula is C26H22N2O6S2. The van der Waals surface area contributed by atoms with Crippen LogP contribution in [0.4, 0.5) is 5.13 Å². The molecule has 1 saturated heterocycles. The van der Waals surface area contributed by atoms with Gasteiger partial charge in [0.05, 0.1) is 36.6 Å². The number of amides is 1. The number of thiazole rings is 1. The summed E-state index contributed by atoms with van der Waals surface area (Å²) in [5, 5.41) is 13.7. The van der Waals surface area contributed by atoms with E-state index in [9.17, 15) is 14.7 Å². The minimum Gasteiger partial charge on any atom is -0.506 e. The van der Waals surface area contributed by atoms with E-state index in [2.05, 4.69) is 4.98 Å². The van der Waals surface area contributed by atoms with Crippen molar-refractivity contribution in [1.29, 1.82) is 0 Å². The van der Waals surface area contributed by atoms with Gasteiger partial charge in [-0.3, -0.25) is 14.5 Å². The van der Waals surface area contributed by atoms with Crippen molar-refractivity contribution in [3.05, 3.63) is 69.9 Å². The zero-order chi connectivity index (χ0) is 25.4. The SMILES string of the molecule is CCOc1ccc2nc(N3C(=O)C(=O)/C(=C(/O)c4c(OC)cccc4OC)C3c3cccs3)sc2c1. The number of aliphatic hydroxyl groups excluding tert-OH is 1. The lowest BCUT2D eigenvalue weighted by molar-refractivity contribution is -0.132. The fraction of sp³-hybridized carbons (Fsp3) is 0.192. The van der Waals surface area contributed by atoms with Gasteiger partial charge in [-0.25, -0.2) is 4.98 Å². The van der Waals surface area contributed by atoms with Gasteiger partial charge >= 0.3 is 5.91 Å². The Hall–Kier alpha value is -3.89. The molecule has 1 atom stereocenters. The molecule has 184 valence electrons. The summed E-state index contributed by atoms with van der Waals surface area (Å²) in [6, 6.07) is 13.3. The Morgan fingerprint density at radius 2 is 1.83 bits per heavy atom. The molecule has 0 spiro atoms. The van der Waals surface area contributed by atoms with Crippen LogP contribution in [0.2, 0.25) is 0 Å². The molecule has 10 heteroatoms. The van der Waals surface area contributed by atoms with Crippen LogP contribution in [0.15, 0.2) is 59.5 Å². The molecular weight excluding hydrogens is 500 g/mol. The average Bonchev–Trinajstić information content (AvgIpc) is 3.62. The summed E-state index contributed by atoms with van der Waals surface area (Å²) in [5.41, 5.74) is 0.823. The highest BCUT2D eigenvalue weighted by Crippen LogP contribution is 2.47. The molecule has 0 radical (unpaired) electrons. The highest BCUT2D eigenvalue weighted by molar-refractivity contribution is 7.22. The Morgan fingerprint density at radius 3 is 2.47 bits per heavy atom. The Balaban J connectivity index is 1.71. The highest BCUT2D eigenvalue weighted by Gasteiger charge is 2.49. The molecule has 0 bridgehead atoms. The molecule has 0 aliphatic carbocycles. The zero-order valence-corrected chi connectivity index (χ0v) is 21.3. The number of methoxy groups -OCH3 is 2. The van der Waals surface area contributed by atoms with Crippen LogP contribution in [-0.2, 0) is 9.59 Å². The first-order valence-electron chi connectivity index (χ1n) is 11.1. The number of rotatable bonds is 7. The molecule has 36 heavy (non-hydrogen) atoms. The van der Waals surface area contributed by atoms with Crippen molar-refractivity contribution >= 4 is 55.5 Å². The Morgan fingerprint density at radius 1 is 1.08 bits per heavy atom. The third-order valence-corrected chi connectivity index (χ3v) is 7.73. The number of carbonyl (C=O) groups is 2. The number of hydrogen-bond donors (Lipinski definition) is 1. The molecule has 2 aromatic heterocycles. The number of anilines is 1. The van der Waals surface area contributed by atoms with Gasteiger partial charge in [-0.2, -0.15) is 0 Å². The van der Waals surface area contributed by atoms with Crippen LogP contribution in [0, 0.1) is 0 Å². The molecule has 0 saturated carbocycles. The van der Waals surface area contributed by atoms with E-state index >= 15 is 0 Å². The van der Waals surface area contributed by atoms with Gasteiger partial charge < -0.3 is 19.3 Å². The summed E-state index contributed by atoms with van der Waals surface area (Å²) in [4.78, 5) is 33.6. The molecule has 8 nitrogen and oxygen atoms in total. The van der Waals surface area contributed by atoms with Crippen molar-refractivity contribution in [3.8, 4) is 17.2 Å². The number of ether oxygens (including phenoxy) is 3. The molecule has 1 unspecified atom stereocenters. The minimum absolute atomic E-state index is 0.0560. The molecule has 3 heterocycles. The maximum Gasteiger partial charge on any atom is 0.301 e. The maximum atomic E-state index is 13.4. The van der Waals surface area contributed by atoms with Gasteiger partial charge in [0.2, 0.25) is 0 Å². The summed E-state index contributed by atoms with van der Waals surface area (Å²) < 4.78 is 17.3. The molecule has 4 aromatic rings. The topological polar surface area (TPSA) is 98.2 Å². The smallest absolute Gasteiger partial charge is 0.301 e. The van der Waals surface area contributed by atoms with Crippen LogP contribution in [0.25, 0.3) is 16.0 Å². The van der Waals surface area contributed by atoms with Crippen LogP contribution in [0.3, 0.4) is 0 Å². The number of ketones is 1. The van der Waals surface area contributed by atoms with Crippen LogP contribution < -0.4 is 19.1 Å². The van der Waals surface area contributed by atoms with E-state index in [1.807, 2.05) is 42.6 Å². The highest BCUT2D eigenvalue weighted by atomic mass is 32.1. The lowest BCUT2D eigenvalue weighted by Gasteiger charge is -2.22. The summed E-state index contributed by atoms with van der Waals surface area (Å²) >= 11 is 2.66. The normalized spacial score (nSPS) is 17.1. The first kappa shape index (κ1) is 23.8. The number of aromatic nitrogens is 1. The van der Waals surface area contributed by atoms with Gasteiger partial charge in [-0.1, -0.05) is 23.5 Å². The van der Waals surface area contributed by atoms with Crippen LogP contribution in [-0.4, -0.2) is 42.6 Å². The molecule has 1 aliphatic rings.